The van der Waals surface area contributed by atoms with Crippen molar-refractivity contribution in [2.45, 2.75) is 52.4 Å². The van der Waals surface area contributed by atoms with Gasteiger partial charge in [-0.3, -0.25) is 9.78 Å². The summed E-state index contributed by atoms with van der Waals surface area (Å²) in [6, 6.07) is 13.3. The Bertz CT molecular complexity index is 1430. The van der Waals surface area contributed by atoms with Crippen LogP contribution in [0.25, 0.3) is 16.7 Å². The van der Waals surface area contributed by atoms with Crippen molar-refractivity contribution in [1.29, 1.82) is 0 Å². The SMILES string of the molecule is CC(C)n1c(=O)c2ccc(Nc3ccc4c(c3)CCNC4)nc2n1-c1ccnc(C(C)(C)F)c1. The van der Waals surface area contributed by atoms with Gasteiger partial charge >= 0.3 is 0 Å². The van der Waals surface area contributed by atoms with E-state index in [0.717, 1.165) is 25.2 Å². The van der Waals surface area contributed by atoms with Crippen molar-refractivity contribution in [2.24, 2.45) is 0 Å². The van der Waals surface area contributed by atoms with Crippen molar-refractivity contribution >= 4 is 22.5 Å². The maximum absolute atomic E-state index is 14.7. The second-order valence-corrected chi connectivity index (χ2v) is 9.53. The Morgan fingerprint density at radius 1 is 1.12 bits per heavy atom. The van der Waals surface area contributed by atoms with Crippen LogP contribution in [0.2, 0.25) is 0 Å². The Labute approximate surface area is 197 Å². The van der Waals surface area contributed by atoms with E-state index >= 15 is 0 Å². The quantitative estimate of drug-likeness (QED) is 0.449. The first-order chi connectivity index (χ1) is 16.2. The molecule has 0 radical (unpaired) electrons. The fourth-order valence-corrected chi connectivity index (χ4v) is 4.45. The standard InChI is InChI=1S/C26H29FN6O/c1-16(2)32-25(34)21-7-8-23(30-19-6-5-18-15-28-11-9-17(18)13-19)31-24(21)33(32)20-10-12-29-22(14-20)26(3,4)27/h5-8,10,12-14,16,28H,9,11,15H2,1-4H3,(H,30,31). The summed E-state index contributed by atoms with van der Waals surface area (Å²) in [4.78, 5) is 22.3. The second-order valence-electron chi connectivity index (χ2n) is 9.53. The van der Waals surface area contributed by atoms with Gasteiger partial charge in [0.05, 0.1) is 16.8 Å². The van der Waals surface area contributed by atoms with Crippen LogP contribution in [0.3, 0.4) is 0 Å². The summed E-state index contributed by atoms with van der Waals surface area (Å²) in [5, 5.41) is 7.28. The summed E-state index contributed by atoms with van der Waals surface area (Å²) in [5.41, 5.74) is 3.30. The lowest BCUT2D eigenvalue weighted by Crippen LogP contribution is -2.24. The number of nitrogens with zero attached hydrogens (tertiary/aromatic N) is 4. The Morgan fingerprint density at radius 2 is 1.94 bits per heavy atom. The van der Waals surface area contributed by atoms with Crippen LogP contribution >= 0.6 is 0 Å². The summed E-state index contributed by atoms with van der Waals surface area (Å²) >= 11 is 0. The number of benzene rings is 1. The maximum atomic E-state index is 14.7. The first-order valence-corrected chi connectivity index (χ1v) is 11.6. The normalized spacial score (nSPS) is 13.9. The van der Waals surface area contributed by atoms with Gasteiger partial charge in [0.1, 0.15) is 11.5 Å². The number of aromatic nitrogens is 4. The molecule has 7 nitrogen and oxygen atoms in total. The molecule has 0 unspecified atom stereocenters. The molecule has 8 heteroatoms. The van der Waals surface area contributed by atoms with E-state index in [2.05, 4.69) is 27.8 Å². The average Bonchev–Trinajstić information content (AvgIpc) is 3.10. The van der Waals surface area contributed by atoms with E-state index in [0.29, 0.717) is 28.2 Å². The number of pyridine rings is 2. The molecule has 0 aliphatic carbocycles. The van der Waals surface area contributed by atoms with Gasteiger partial charge < -0.3 is 10.6 Å². The molecule has 1 aromatic carbocycles. The van der Waals surface area contributed by atoms with Gasteiger partial charge in [-0.05, 0) is 88.2 Å². The van der Waals surface area contributed by atoms with Crippen molar-refractivity contribution in [3.8, 4) is 5.69 Å². The molecular formula is C26H29FN6O. The third kappa shape index (κ3) is 3.98. The van der Waals surface area contributed by atoms with Gasteiger partial charge in [0.25, 0.3) is 5.56 Å². The minimum atomic E-state index is -1.61. The molecule has 0 atom stereocenters. The van der Waals surface area contributed by atoms with Crippen molar-refractivity contribution in [3.05, 3.63) is 75.8 Å². The Morgan fingerprint density at radius 3 is 2.71 bits per heavy atom. The predicted octanol–water partition coefficient (Wildman–Crippen LogP) is 4.76. The van der Waals surface area contributed by atoms with E-state index in [9.17, 15) is 9.18 Å². The van der Waals surface area contributed by atoms with Gasteiger partial charge in [0, 0.05) is 24.5 Å². The molecule has 2 N–H and O–H groups in total. The average molecular weight is 461 g/mol. The molecule has 34 heavy (non-hydrogen) atoms. The molecule has 3 aromatic heterocycles. The molecule has 5 rings (SSSR count). The summed E-state index contributed by atoms with van der Waals surface area (Å²) in [5.74, 6) is 0.635. The van der Waals surface area contributed by atoms with Gasteiger partial charge in [-0.2, -0.15) is 0 Å². The lowest BCUT2D eigenvalue weighted by atomic mass is 10.0. The van der Waals surface area contributed by atoms with Gasteiger partial charge in [0.2, 0.25) is 0 Å². The molecule has 0 saturated carbocycles. The number of hydrogen-bond acceptors (Lipinski definition) is 5. The van der Waals surface area contributed by atoms with Gasteiger partial charge in [-0.1, -0.05) is 6.07 Å². The third-order valence-electron chi connectivity index (χ3n) is 6.18. The fraction of sp³-hybridized carbons (Fsp3) is 0.346. The molecule has 0 fully saturated rings. The van der Waals surface area contributed by atoms with Crippen LogP contribution in [-0.4, -0.2) is 25.9 Å². The molecule has 4 heterocycles. The zero-order chi connectivity index (χ0) is 24.0. The number of halogens is 1. The molecule has 0 bridgehead atoms. The van der Waals surface area contributed by atoms with E-state index in [-0.39, 0.29) is 11.6 Å². The highest BCUT2D eigenvalue weighted by atomic mass is 19.1. The summed E-state index contributed by atoms with van der Waals surface area (Å²) in [6.45, 7) is 8.69. The number of alkyl halides is 1. The van der Waals surface area contributed by atoms with E-state index in [1.54, 1.807) is 33.8 Å². The molecule has 1 aliphatic rings. The number of fused-ring (bicyclic) bond motifs is 2. The first kappa shape index (κ1) is 22.3. The predicted molar refractivity (Wildman–Crippen MR) is 133 cm³/mol. The Hall–Kier alpha value is -3.52. The number of anilines is 2. The van der Waals surface area contributed by atoms with Crippen LogP contribution in [0, 0.1) is 0 Å². The summed E-state index contributed by atoms with van der Waals surface area (Å²) < 4.78 is 18.1. The molecule has 1 aliphatic heterocycles. The molecule has 176 valence electrons. The van der Waals surface area contributed by atoms with Crippen molar-refractivity contribution in [3.63, 3.8) is 0 Å². The smallest absolute Gasteiger partial charge is 0.276 e. The van der Waals surface area contributed by atoms with Crippen LogP contribution < -0.4 is 16.2 Å². The Kier molecular flexibility index (Phi) is 5.48. The molecule has 0 saturated heterocycles. The van der Waals surface area contributed by atoms with Gasteiger partial charge in [0.15, 0.2) is 5.65 Å². The molecule has 0 spiro atoms. The first-order valence-electron chi connectivity index (χ1n) is 11.6. The van der Waals surface area contributed by atoms with Crippen molar-refractivity contribution in [1.82, 2.24) is 24.6 Å². The van der Waals surface area contributed by atoms with Crippen LogP contribution in [0.5, 0.6) is 0 Å². The minimum Gasteiger partial charge on any atom is -0.340 e. The van der Waals surface area contributed by atoms with Crippen LogP contribution in [0.4, 0.5) is 15.9 Å². The highest BCUT2D eigenvalue weighted by molar-refractivity contribution is 5.79. The number of nitrogens with one attached hydrogen (secondary N) is 2. The van der Waals surface area contributed by atoms with Crippen molar-refractivity contribution in [2.75, 3.05) is 11.9 Å². The zero-order valence-electron chi connectivity index (χ0n) is 19.9. The van der Waals surface area contributed by atoms with E-state index in [4.69, 9.17) is 4.98 Å². The lowest BCUT2D eigenvalue weighted by molar-refractivity contribution is 0.214. The lowest BCUT2D eigenvalue weighted by Gasteiger charge is -2.19. The largest absolute Gasteiger partial charge is 0.340 e. The highest BCUT2D eigenvalue weighted by Crippen LogP contribution is 2.27. The molecule has 4 aromatic rings. The van der Waals surface area contributed by atoms with Gasteiger partial charge in [-0.25, -0.2) is 18.7 Å². The van der Waals surface area contributed by atoms with Crippen LogP contribution in [0.1, 0.15) is 50.6 Å². The van der Waals surface area contributed by atoms with E-state index in [1.807, 2.05) is 26.0 Å². The summed E-state index contributed by atoms with van der Waals surface area (Å²) in [7, 11) is 0. The zero-order valence-corrected chi connectivity index (χ0v) is 19.9. The summed E-state index contributed by atoms with van der Waals surface area (Å²) in [6.07, 6.45) is 2.56. The topological polar surface area (TPSA) is 76.8 Å². The fourth-order valence-electron chi connectivity index (χ4n) is 4.45. The Balaban J connectivity index is 1.63. The molecule has 0 amide bonds. The van der Waals surface area contributed by atoms with Crippen molar-refractivity contribution < 1.29 is 4.39 Å². The molecular weight excluding hydrogens is 431 g/mol. The minimum absolute atomic E-state index is 0.123. The van der Waals surface area contributed by atoms with Crippen LogP contribution in [0.15, 0.2) is 53.5 Å². The second kappa shape index (κ2) is 8.36. The maximum Gasteiger partial charge on any atom is 0.276 e. The van der Waals surface area contributed by atoms with E-state index in [1.165, 1.54) is 25.0 Å². The highest BCUT2D eigenvalue weighted by Gasteiger charge is 2.23. The third-order valence-corrected chi connectivity index (χ3v) is 6.18. The van der Waals surface area contributed by atoms with Crippen LogP contribution in [-0.2, 0) is 18.6 Å². The van der Waals surface area contributed by atoms with E-state index < -0.39 is 5.67 Å². The monoisotopic (exact) mass is 460 g/mol. The van der Waals surface area contributed by atoms with Gasteiger partial charge in [-0.15, -0.1) is 0 Å². The number of hydrogen-bond donors (Lipinski definition) is 2. The number of rotatable bonds is 5.